The summed E-state index contributed by atoms with van der Waals surface area (Å²) in [4.78, 5) is 19.0. The number of ether oxygens (including phenoxy) is 2. The van der Waals surface area contributed by atoms with Crippen molar-refractivity contribution in [2.45, 2.75) is 31.8 Å². The summed E-state index contributed by atoms with van der Waals surface area (Å²) in [7, 11) is 0. The fourth-order valence-corrected chi connectivity index (χ4v) is 4.15. The molecule has 7 heteroatoms. The zero-order valence-corrected chi connectivity index (χ0v) is 16.7. The largest absolute Gasteiger partial charge is 0.480 e. The molecule has 7 nitrogen and oxygen atoms in total. The Morgan fingerprint density at radius 1 is 1.17 bits per heavy atom. The van der Waals surface area contributed by atoms with Crippen LogP contribution in [0.25, 0.3) is 10.9 Å². The number of benzene rings is 1. The van der Waals surface area contributed by atoms with Crippen LogP contribution in [0.4, 0.5) is 5.82 Å². The first kappa shape index (κ1) is 20.1. The summed E-state index contributed by atoms with van der Waals surface area (Å²) >= 11 is 0. The first-order valence-electron chi connectivity index (χ1n) is 10.5. The normalized spacial score (nSPS) is 19.4. The van der Waals surface area contributed by atoms with Gasteiger partial charge in [0.05, 0.1) is 18.7 Å². The van der Waals surface area contributed by atoms with Crippen LogP contribution in [0.2, 0.25) is 0 Å². The molecule has 0 aliphatic carbocycles. The molecule has 1 aromatic heterocycles. The monoisotopic (exact) mass is 399 g/mol. The lowest BCUT2D eigenvalue weighted by Gasteiger charge is -2.30. The Kier molecular flexibility index (Phi) is 6.59. The number of carbonyl (C=O) groups is 1. The number of hydrogen-bond donors (Lipinski definition) is 2. The Labute approximate surface area is 171 Å². The van der Waals surface area contributed by atoms with Crippen molar-refractivity contribution in [1.82, 2.24) is 10.3 Å². The number of morpholine rings is 1. The van der Waals surface area contributed by atoms with Crippen molar-refractivity contribution in [2.75, 3.05) is 44.4 Å². The van der Waals surface area contributed by atoms with Gasteiger partial charge < -0.3 is 24.8 Å². The van der Waals surface area contributed by atoms with E-state index in [2.05, 4.69) is 16.3 Å². The molecule has 1 aromatic carbocycles. The maximum absolute atomic E-state index is 11.9. The predicted octanol–water partition coefficient (Wildman–Crippen LogP) is 2.43. The first-order valence-corrected chi connectivity index (χ1v) is 10.5. The van der Waals surface area contributed by atoms with Crippen molar-refractivity contribution in [3.8, 4) is 0 Å². The number of carboxylic acids is 1. The fourth-order valence-electron chi connectivity index (χ4n) is 4.15. The molecule has 0 radical (unpaired) electrons. The van der Waals surface area contributed by atoms with Crippen LogP contribution in [-0.4, -0.2) is 61.6 Å². The van der Waals surface area contributed by atoms with Gasteiger partial charge in [-0.15, -0.1) is 0 Å². The van der Waals surface area contributed by atoms with Crippen LogP contribution in [0.15, 0.2) is 30.3 Å². The molecule has 156 valence electrons. The number of carboxylic acid groups (broad SMARTS) is 1. The quantitative estimate of drug-likeness (QED) is 0.740. The van der Waals surface area contributed by atoms with Crippen LogP contribution in [0.1, 0.15) is 24.8 Å². The average molecular weight is 399 g/mol. The van der Waals surface area contributed by atoms with Crippen LogP contribution in [0.3, 0.4) is 0 Å². The molecule has 2 aliphatic rings. The minimum atomic E-state index is -0.793. The van der Waals surface area contributed by atoms with E-state index in [0.29, 0.717) is 32.1 Å². The van der Waals surface area contributed by atoms with Gasteiger partial charge in [-0.3, -0.25) is 4.79 Å². The minimum Gasteiger partial charge on any atom is -0.480 e. The predicted molar refractivity (Wildman–Crippen MR) is 111 cm³/mol. The smallest absolute Gasteiger partial charge is 0.320 e. The van der Waals surface area contributed by atoms with Gasteiger partial charge in [0.1, 0.15) is 11.9 Å². The Hall–Kier alpha value is -2.22. The zero-order valence-electron chi connectivity index (χ0n) is 16.7. The number of hydrogen-bond acceptors (Lipinski definition) is 6. The van der Waals surface area contributed by atoms with Gasteiger partial charge in [0.2, 0.25) is 0 Å². The van der Waals surface area contributed by atoms with Crippen LogP contribution in [0.5, 0.6) is 0 Å². The second-order valence-corrected chi connectivity index (χ2v) is 7.83. The van der Waals surface area contributed by atoms with Crippen molar-refractivity contribution in [1.29, 1.82) is 0 Å². The van der Waals surface area contributed by atoms with Gasteiger partial charge in [-0.05, 0) is 37.3 Å². The molecule has 3 heterocycles. The summed E-state index contributed by atoms with van der Waals surface area (Å²) in [5.41, 5.74) is 1.98. The summed E-state index contributed by atoms with van der Waals surface area (Å²) in [5, 5.41) is 14.1. The van der Waals surface area contributed by atoms with E-state index in [4.69, 9.17) is 14.5 Å². The maximum atomic E-state index is 11.9. The van der Waals surface area contributed by atoms with E-state index in [-0.39, 0.29) is 0 Å². The van der Waals surface area contributed by atoms with E-state index in [0.717, 1.165) is 61.4 Å². The van der Waals surface area contributed by atoms with E-state index in [9.17, 15) is 9.90 Å². The van der Waals surface area contributed by atoms with E-state index < -0.39 is 12.0 Å². The number of aliphatic carboxylic acids is 1. The Balaban J connectivity index is 1.53. The second-order valence-electron chi connectivity index (χ2n) is 7.83. The van der Waals surface area contributed by atoms with Crippen LogP contribution < -0.4 is 10.2 Å². The summed E-state index contributed by atoms with van der Waals surface area (Å²) in [5.74, 6) is 0.527. The highest BCUT2D eigenvalue weighted by Gasteiger charge is 2.25. The molecule has 0 spiro atoms. The molecular formula is C22H29N3O4. The molecule has 2 aliphatic heterocycles. The third kappa shape index (κ3) is 5.04. The number of fused-ring (bicyclic) bond motifs is 1. The molecule has 2 N–H and O–H groups in total. The lowest BCUT2D eigenvalue weighted by molar-refractivity contribution is -0.140. The van der Waals surface area contributed by atoms with Crippen molar-refractivity contribution >= 4 is 22.7 Å². The van der Waals surface area contributed by atoms with E-state index in [1.54, 1.807) is 0 Å². The molecule has 0 amide bonds. The van der Waals surface area contributed by atoms with Crippen molar-refractivity contribution in [3.63, 3.8) is 0 Å². The van der Waals surface area contributed by atoms with Gasteiger partial charge in [0.15, 0.2) is 0 Å². The molecule has 2 fully saturated rings. The zero-order chi connectivity index (χ0) is 20.1. The fraction of sp³-hybridized carbons (Fsp3) is 0.545. The number of anilines is 1. The summed E-state index contributed by atoms with van der Waals surface area (Å²) in [6, 6.07) is 9.62. The van der Waals surface area contributed by atoms with Gasteiger partial charge in [0.25, 0.3) is 0 Å². The molecule has 1 unspecified atom stereocenters. The Morgan fingerprint density at radius 3 is 2.66 bits per heavy atom. The van der Waals surface area contributed by atoms with E-state index >= 15 is 0 Å². The van der Waals surface area contributed by atoms with E-state index in [1.807, 2.05) is 24.3 Å². The highest BCUT2D eigenvalue weighted by atomic mass is 16.5. The van der Waals surface area contributed by atoms with Gasteiger partial charge in [0, 0.05) is 43.8 Å². The number of rotatable bonds is 7. The number of aromatic nitrogens is 1. The standard InChI is InChI=1S/C22H29N3O4/c26-22(27)20(13-16-5-9-28-10-6-16)23-15-18-14-17-3-1-2-4-19(17)24-21(18)25-7-11-29-12-8-25/h1-4,14,16,20,23H,5-13,15H2,(H,26,27). The Bertz CT molecular complexity index is 832. The SMILES string of the molecule is O=C(O)C(CC1CCOCC1)NCc1cc2ccccc2nc1N1CCOCC1. The summed E-state index contributed by atoms with van der Waals surface area (Å²) in [6.45, 7) is 4.89. The maximum Gasteiger partial charge on any atom is 0.320 e. The lowest BCUT2D eigenvalue weighted by Crippen LogP contribution is -2.40. The highest BCUT2D eigenvalue weighted by Crippen LogP contribution is 2.25. The van der Waals surface area contributed by atoms with Crippen molar-refractivity contribution in [2.24, 2.45) is 5.92 Å². The molecular weight excluding hydrogens is 370 g/mol. The number of para-hydroxylation sites is 1. The van der Waals surface area contributed by atoms with Gasteiger partial charge >= 0.3 is 5.97 Å². The van der Waals surface area contributed by atoms with Gasteiger partial charge in [-0.2, -0.15) is 0 Å². The molecule has 1 atom stereocenters. The first-order chi connectivity index (χ1) is 14.2. The summed E-state index contributed by atoms with van der Waals surface area (Å²) in [6.07, 6.45) is 2.50. The van der Waals surface area contributed by atoms with Gasteiger partial charge in [-0.1, -0.05) is 18.2 Å². The topological polar surface area (TPSA) is 83.9 Å². The lowest BCUT2D eigenvalue weighted by atomic mass is 9.92. The Morgan fingerprint density at radius 2 is 1.90 bits per heavy atom. The summed E-state index contributed by atoms with van der Waals surface area (Å²) < 4.78 is 10.9. The minimum absolute atomic E-state index is 0.394. The molecule has 2 aromatic rings. The third-order valence-electron chi connectivity index (χ3n) is 5.84. The number of nitrogens with zero attached hydrogens (tertiary/aromatic N) is 2. The van der Waals surface area contributed by atoms with Crippen molar-refractivity contribution in [3.05, 3.63) is 35.9 Å². The number of nitrogens with one attached hydrogen (secondary N) is 1. The molecule has 0 saturated carbocycles. The number of pyridine rings is 1. The van der Waals surface area contributed by atoms with E-state index in [1.165, 1.54) is 0 Å². The molecule has 29 heavy (non-hydrogen) atoms. The molecule has 4 rings (SSSR count). The van der Waals surface area contributed by atoms with Crippen LogP contribution in [-0.2, 0) is 20.8 Å². The second kappa shape index (κ2) is 9.52. The van der Waals surface area contributed by atoms with Crippen LogP contribution >= 0.6 is 0 Å². The third-order valence-corrected chi connectivity index (χ3v) is 5.84. The average Bonchev–Trinajstić information content (AvgIpc) is 2.77. The highest BCUT2D eigenvalue weighted by molar-refractivity contribution is 5.82. The van der Waals surface area contributed by atoms with Crippen molar-refractivity contribution < 1.29 is 19.4 Å². The molecule has 2 saturated heterocycles. The molecule has 0 bridgehead atoms. The van der Waals surface area contributed by atoms with Crippen LogP contribution in [0, 0.1) is 5.92 Å². The van der Waals surface area contributed by atoms with Gasteiger partial charge in [-0.25, -0.2) is 4.98 Å².